The Morgan fingerprint density at radius 3 is 2.38 bits per heavy atom. The first-order valence-electron chi connectivity index (χ1n) is 5.65. The van der Waals surface area contributed by atoms with E-state index in [1.807, 2.05) is 0 Å². The lowest BCUT2D eigenvalue weighted by atomic mass is 10.1. The zero-order valence-corrected chi connectivity index (χ0v) is 10.3. The van der Waals surface area contributed by atoms with E-state index in [9.17, 15) is 22.0 Å². The van der Waals surface area contributed by atoms with Gasteiger partial charge in [-0.25, -0.2) is 8.78 Å². The topological polar surface area (TPSA) is 35.8 Å². The third kappa shape index (κ3) is 3.11. The average molecular weight is 298 g/mol. The maximum Gasteiger partial charge on any atom is 0.417 e. The molecule has 0 radical (unpaired) electrons. The first-order chi connectivity index (χ1) is 9.82. The van der Waals surface area contributed by atoms with Gasteiger partial charge in [-0.15, -0.1) is 0 Å². The molecule has 0 aromatic heterocycles. The highest BCUT2D eigenvalue weighted by molar-refractivity contribution is 5.63. The average Bonchev–Trinajstić information content (AvgIpc) is 2.43. The Kier molecular flexibility index (Phi) is 3.80. The molecular formula is C14H7F5N2. The normalized spacial score (nSPS) is 11.0. The van der Waals surface area contributed by atoms with Crippen LogP contribution in [0.25, 0.3) is 0 Å². The van der Waals surface area contributed by atoms with E-state index in [2.05, 4.69) is 5.32 Å². The number of nitrogens with zero attached hydrogens (tertiary/aromatic N) is 1. The molecule has 0 atom stereocenters. The molecule has 21 heavy (non-hydrogen) atoms. The van der Waals surface area contributed by atoms with Crippen LogP contribution in [0, 0.1) is 23.0 Å². The molecular weight excluding hydrogens is 291 g/mol. The molecule has 0 unspecified atom stereocenters. The van der Waals surface area contributed by atoms with Crippen molar-refractivity contribution in [3.05, 3.63) is 59.2 Å². The minimum atomic E-state index is -4.72. The smallest absolute Gasteiger partial charge is 0.353 e. The van der Waals surface area contributed by atoms with Crippen molar-refractivity contribution in [2.24, 2.45) is 0 Å². The Bertz CT molecular complexity index is 716. The summed E-state index contributed by atoms with van der Waals surface area (Å²) < 4.78 is 64.8. The second kappa shape index (κ2) is 5.40. The lowest BCUT2D eigenvalue weighted by Crippen LogP contribution is -2.08. The molecule has 2 aromatic carbocycles. The molecule has 0 saturated heterocycles. The molecule has 0 aliphatic heterocycles. The molecule has 1 N–H and O–H groups in total. The Morgan fingerprint density at radius 2 is 1.76 bits per heavy atom. The van der Waals surface area contributed by atoms with Crippen molar-refractivity contribution in [1.82, 2.24) is 0 Å². The van der Waals surface area contributed by atoms with Crippen molar-refractivity contribution in [2.75, 3.05) is 5.32 Å². The van der Waals surface area contributed by atoms with Crippen LogP contribution in [0.15, 0.2) is 36.4 Å². The fourth-order valence-electron chi connectivity index (χ4n) is 1.71. The minimum absolute atomic E-state index is 0.106. The van der Waals surface area contributed by atoms with Crippen LogP contribution in [0.3, 0.4) is 0 Å². The molecule has 0 aliphatic rings. The number of benzene rings is 2. The summed E-state index contributed by atoms with van der Waals surface area (Å²) in [6.07, 6.45) is -4.72. The summed E-state index contributed by atoms with van der Waals surface area (Å²) in [6.45, 7) is 0. The summed E-state index contributed by atoms with van der Waals surface area (Å²) in [5.41, 5.74) is -2.10. The van der Waals surface area contributed by atoms with Gasteiger partial charge in [0.1, 0.15) is 0 Å². The van der Waals surface area contributed by atoms with Gasteiger partial charge in [-0.05, 0) is 30.3 Å². The molecule has 2 rings (SSSR count). The zero-order valence-electron chi connectivity index (χ0n) is 10.3. The first-order valence-corrected chi connectivity index (χ1v) is 5.65. The van der Waals surface area contributed by atoms with E-state index < -0.39 is 28.9 Å². The molecule has 108 valence electrons. The Labute approximate surface area is 116 Å². The third-order valence-corrected chi connectivity index (χ3v) is 2.68. The number of alkyl halides is 3. The quantitative estimate of drug-likeness (QED) is 0.822. The Hall–Kier alpha value is -2.62. The van der Waals surface area contributed by atoms with E-state index >= 15 is 0 Å². The Morgan fingerprint density at radius 1 is 1.05 bits per heavy atom. The molecule has 0 fully saturated rings. The van der Waals surface area contributed by atoms with Gasteiger partial charge in [0.15, 0.2) is 11.6 Å². The fourth-order valence-corrected chi connectivity index (χ4v) is 1.71. The second-order valence-electron chi connectivity index (χ2n) is 4.10. The monoisotopic (exact) mass is 298 g/mol. The summed E-state index contributed by atoms with van der Waals surface area (Å²) in [6, 6.07) is 7.53. The molecule has 7 heteroatoms. The molecule has 0 aliphatic carbocycles. The van der Waals surface area contributed by atoms with Gasteiger partial charge in [-0.2, -0.15) is 18.4 Å². The van der Waals surface area contributed by atoms with E-state index in [0.29, 0.717) is 6.07 Å². The predicted octanol–water partition coefficient (Wildman–Crippen LogP) is 4.60. The van der Waals surface area contributed by atoms with Crippen LogP contribution in [0.5, 0.6) is 0 Å². The van der Waals surface area contributed by atoms with Crippen molar-refractivity contribution in [1.29, 1.82) is 5.26 Å². The second-order valence-corrected chi connectivity index (χ2v) is 4.10. The number of hydrogen-bond donors (Lipinski definition) is 1. The maximum absolute atomic E-state index is 13.5. The lowest BCUT2D eigenvalue weighted by Gasteiger charge is -2.12. The van der Waals surface area contributed by atoms with Crippen LogP contribution in [0.4, 0.5) is 33.3 Å². The van der Waals surface area contributed by atoms with E-state index in [1.165, 1.54) is 24.3 Å². The third-order valence-electron chi connectivity index (χ3n) is 2.68. The molecule has 0 heterocycles. The summed E-state index contributed by atoms with van der Waals surface area (Å²) in [5.74, 6) is -2.32. The van der Waals surface area contributed by atoms with E-state index in [0.717, 1.165) is 12.1 Å². The van der Waals surface area contributed by atoms with Crippen molar-refractivity contribution >= 4 is 11.4 Å². The summed E-state index contributed by atoms with van der Waals surface area (Å²) >= 11 is 0. The first kappa shape index (κ1) is 14.8. The van der Waals surface area contributed by atoms with Gasteiger partial charge in [0.2, 0.25) is 0 Å². The molecule has 0 amide bonds. The molecule has 2 nitrogen and oxygen atoms in total. The molecule has 2 aromatic rings. The van der Waals surface area contributed by atoms with Gasteiger partial charge in [0, 0.05) is 5.69 Å². The highest BCUT2D eigenvalue weighted by Gasteiger charge is 2.33. The summed E-state index contributed by atoms with van der Waals surface area (Å²) in [5, 5.41) is 11.0. The number of anilines is 2. The SMILES string of the molecule is N#Cc1ccc(Nc2cccc(F)c2F)cc1C(F)(F)F. The van der Waals surface area contributed by atoms with Crippen LogP contribution < -0.4 is 5.32 Å². The van der Waals surface area contributed by atoms with E-state index in [-0.39, 0.29) is 11.4 Å². The lowest BCUT2D eigenvalue weighted by molar-refractivity contribution is -0.137. The van der Waals surface area contributed by atoms with Crippen LogP contribution in [0.1, 0.15) is 11.1 Å². The number of nitrogens with one attached hydrogen (secondary N) is 1. The van der Waals surface area contributed by atoms with Crippen LogP contribution >= 0.6 is 0 Å². The van der Waals surface area contributed by atoms with Crippen LogP contribution in [-0.4, -0.2) is 0 Å². The van der Waals surface area contributed by atoms with E-state index in [4.69, 9.17) is 5.26 Å². The zero-order chi connectivity index (χ0) is 15.6. The van der Waals surface area contributed by atoms with Crippen LogP contribution in [0.2, 0.25) is 0 Å². The molecule has 0 spiro atoms. The predicted molar refractivity (Wildman–Crippen MR) is 65.8 cm³/mol. The van der Waals surface area contributed by atoms with Crippen molar-refractivity contribution < 1.29 is 22.0 Å². The van der Waals surface area contributed by atoms with Crippen molar-refractivity contribution in [3.63, 3.8) is 0 Å². The highest BCUT2D eigenvalue weighted by Crippen LogP contribution is 2.34. The number of nitriles is 1. The minimum Gasteiger partial charge on any atom is -0.353 e. The van der Waals surface area contributed by atoms with Crippen molar-refractivity contribution in [2.45, 2.75) is 6.18 Å². The summed E-state index contributed by atoms with van der Waals surface area (Å²) in [7, 11) is 0. The van der Waals surface area contributed by atoms with Crippen molar-refractivity contribution in [3.8, 4) is 6.07 Å². The maximum atomic E-state index is 13.5. The van der Waals surface area contributed by atoms with Gasteiger partial charge >= 0.3 is 6.18 Å². The van der Waals surface area contributed by atoms with Gasteiger partial charge in [0.05, 0.1) is 22.9 Å². The standard InChI is InChI=1S/C14H7F5N2/c15-11-2-1-3-12(13(11)16)21-9-5-4-8(7-20)10(6-9)14(17,18)19/h1-6,21H. The number of halogens is 5. The summed E-state index contributed by atoms with van der Waals surface area (Å²) in [4.78, 5) is 0. The molecule has 0 saturated carbocycles. The van der Waals surface area contributed by atoms with Crippen LogP contribution in [-0.2, 0) is 6.18 Å². The molecule has 0 bridgehead atoms. The van der Waals surface area contributed by atoms with Gasteiger partial charge in [-0.3, -0.25) is 0 Å². The van der Waals surface area contributed by atoms with Gasteiger partial charge < -0.3 is 5.32 Å². The largest absolute Gasteiger partial charge is 0.417 e. The number of hydrogen-bond acceptors (Lipinski definition) is 2. The Balaban J connectivity index is 2.43. The fraction of sp³-hybridized carbons (Fsp3) is 0.0714. The van der Waals surface area contributed by atoms with Gasteiger partial charge in [-0.1, -0.05) is 6.07 Å². The van der Waals surface area contributed by atoms with E-state index in [1.54, 1.807) is 0 Å². The highest BCUT2D eigenvalue weighted by atomic mass is 19.4. The van der Waals surface area contributed by atoms with Gasteiger partial charge in [0.25, 0.3) is 0 Å². The number of rotatable bonds is 2.